The fourth-order valence-electron chi connectivity index (χ4n) is 3.24. The number of aliphatic hydroxyl groups excluding tert-OH is 1. The highest BCUT2D eigenvalue weighted by molar-refractivity contribution is 5.79. The van der Waals surface area contributed by atoms with E-state index in [0.29, 0.717) is 26.4 Å². The quantitative estimate of drug-likeness (QED) is 0.249. The van der Waals surface area contributed by atoms with E-state index in [1.54, 1.807) is 0 Å². The summed E-state index contributed by atoms with van der Waals surface area (Å²) in [4.78, 5) is 4.77. The number of guanidine groups is 1. The molecule has 0 aliphatic carbocycles. The van der Waals surface area contributed by atoms with Gasteiger partial charge in [-0.2, -0.15) is 0 Å². The molecule has 0 fully saturated rings. The molecule has 0 amide bonds. The molecule has 166 valence electrons. The zero-order chi connectivity index (χ0) is 21.5. The lowest BCUT2D eigenvalue weighted by atomic mass is 9.79. The largest absolute Gasteiger partial charge is 0.491 e. The molecule has 0 aromatic heterocycles. The SMILES string of the molecule is CCNC(=NCc1ccc(C)cc1OCCOCC)NCC(CC)(CC)CCO. The molecule has 6 nitrogen and oxygen atoms in total. The Kier molecular flexibility index (Phi) is 12.4. The van der Waals surface area contributed by atoms with Crippen molar-refractivity contribution in [2.75, 3.05) is 39.5 Å². The van der Waals surface area contributed by atoms with E-state index in [2.05, 4.69) is 56.5 Å². The van der Waals surface area contributed by atoms with Gasteiger partial charge in [0, 0.05) is 31.9 Å². The van der Waals surface area contributed by atoms with Crippen LogP contribution in [0.5, 0.6) is 5.75 Å². The Morgan fingerprint density at radius 1 is 1.10 bits per heavy atom. The van der Waals surface area contributed by atoms with Gasteiger partial charge in [0.15, 0.2) is 5.96 Å². The lowest BCUT2D eigenvalue weighted by Gasteiger charge is -2.32. The van der Waals surface area contributed by atoms with Gasteiger partial charge in [-0.05, 0) is 57.1 Å². The molecule has 0 heterocycles. The third kappa shape index (κ3) is 9.05. The van der Waals surface area contributed by atoms with Gasteiger partial charge < -0.3 is 25.2 Å². The molecule has 1 aromatic rings. The van der Waals surface area contributed by atoms with Gasteiger partial charge in [-0.3, -0.25) is 0 Å². The Morgan fingerprint density at radius 2 is 1.86 bits per heavy atom. The first-order chi connectivity index (χ1) is 14.0. The van der Waals surface area contributed by atoms with Crippen molar-refractivity contribution in [1.29, 1.82) is 0 Å². The second kappa shape index (κ2) is 14.2. The fourth-order valence-corrected chi connectivity index (χ4v) is 3.24. The molecule has 1 aromatic carbocycles. The average Bonchev–Trinajstić information content (AvgIpc) is 2.73. The molecule has 0 unspecified atom stereocenters. The summed E-state index contributed by atoms with van der Waals surface area (Å²) in [5.74, 6) is 1.65. The summed E-state index contributed by atoms with van der Waals surface area (Å²) in [6, 6.07) is 6.21. The molecule has 0 aliphatic heterocycles. The van der Waals surface area contributed by atoms with Crippen LogP contribution in [0.15, 0.2) is 23.2 Å². The van der Waals surface area contributed by atoms with Crippen LogP contribution >= 0.6 is 0 Å². The Labute approximate surface area is 177 Å². The Morgan fingerprint density at radius 3 is 2.48 bits per heavy atom. The van der Waals surface area contributed by atoms with E-state index in [1.165, 1.54) is 0 Å². The van der Waals surface area contributed by atoms with E-state index >= 15 is 0 Å². The molecule has 1 rings (SSSR count). The number of aliphatic imine (C=N–C) groups is 1. The first kappa shape index (κ1) is 25.2. The molecule has 0 bridgehead atoms. The number of hydrogen-bond donors (Lipinski definition) is 3. The minimum absolute atomic E-state index is 0.0857. The summed E-state index contributed by atoms with van der Waals surface area (Å²) in [5, 5.41) is 16.2. The molecule has 0 atom stereocenters. The molecule has 3 N–H and O–H groups in total. The second-order valence-corrected chi connectivity index (χ2v) is 7.39. The maximum atomic E-state index is 9.45. The van der Waals surface area contributed by atoms with Gasteiger partial charge in [0.25, 0.3) is 0 Å². The van der Waals surface area contributed by atoms with Gasteiger partial charge in [0.1, 0.15) is 12.4 Å². The average molecular weight is 408 g/mol. The Hall–Kier alpha value is -1.79. The number of ether oxygens (including phenoxy) is 2. The maximum absolute atomic E-state index is 9.45. The smallest absolute Gasteiger partial charge is 0.191 e. The molecule has 29 heavy (non-hydrogen) atoms. The number of benzene rings is 1. The predicted molar refractivity (Wildman–Crippen MR) is 121 cm³/mol. The molecule has 0 radical (unpaired) electrons. The molecule has 6 heteroatoms. The van der Waals surface area contributed by atoms with Crippen molar-refractivity contribution in [3.05, 3.63) is 29.3 Å². The summed E-state index contributed by atoms with van der Waals surface area (Å²) in [6.07, 6.45) is 2.83. The van der Waals surface area contributed by atoms with Crippen LogP contribution in [0, 0.1) is 12.3 Å². The van der Waals surface area contributed by atoms with E-state index in [1.807, 2.05) is 6.92 Å². The highest BCUT2D eigenvalue weighted by atomic mass is 16.5. The van der Waals surface area contributed by atoms with Crippen molar-refractivity contribution in [1.82, 2.24) is 10.6 Å². The van der Waals surface area contributed by atoms with Gasteiger partial charge >= 0.3 is 0 Å². The van der Waals surface area contributed by atoms with Gasteiger partial charge in [-0.1, -0.05) is 26.0 Å². The topological polar surface area (TPSA) is 75.1 Å². The van der Waals surface area contributed by atoms with E-state index in [4.69, 9.17) is 14.5 Å². The van der Waals surface area contributed by atoms with Crippen LogP contribution in [0.3, 0.4) is 0 Å². The normalized spacial score (nSPS) is 12.1. The second-order valence-electron chi connectivity index (χ2n) is 7.39. The van der Waals surface area contributed by atoms with Crippen LogP contribution in [-0.2, 0) is 11.3 Å². The summed E-state index contributed by atoms with van der Waals surface area (Å²) < 4.78 is 11.3. The minimum Gasteiger partial charge on any atom is -0.491 e. The van der Waals surface area contributed by atoms with E-state index in [9.17, 15) is 5.11 Å². The summed E-state index contributed by atoms with van der Waals surface area (Å²) in [7, 11) is 0. The molecular formula is C23H41N3O3. The van der Waals surface area contributed by atoms with Crippen molar-refractivity contribution >= 4 is 5.96 Å². The molecule has 0 spiro atoms. The number of aliphatic hydroxyl groups is 1. The van der Waals surface area contributed by atoms with Crippen LogP contribution in [0.25, 0.3) is 0 Å². The number of nitrogens with zero attached hydrogens (tertiary/aromatic N) is 1. The highest BCUT2D eigenvalue weighted by Gasteiger charge is 2.25. The summed E-state index contributed by atoms with van der Waals surface area (Å²) in [5.41, 5.74) is 2.30. The zero-order valence-electron chi connectivity index (χ0n) is 19.0. The third-order valence-corrected chi connectivity index (χ3v) is 5.44. The van der Waals surface area contributed by atoms with Crippen LogP contribution in [0.4, 0.5) is 0 Å². The van der Waals surface area contributed by atoms with Crippen LogP contribution in [0.1, 0.15) is 58.1 Å². The van der Waals surface area contributed by atoms with Crippen molar-refractivity contribution in [3.63, 3.8) is 0 Å². The summed E-state index contributed by atoms with van der Waals surface area (Å²) in [6.45, 7) is 14.6. The first-order valence-corrected chi connectivity index (χ1v) is 11.0. The first-order valence-electron chi connectivity index (χ1n) is 11.0. The number of aryl methyl sites for hydroxylation is 1. The van der Waals surface area contributed by atoms with Crippen LogP contribution in [-0.4, -0.2) is 50.6 Å². The molecule has 0 saturated carbocycles. The van der Waals surface area contributed by atoms with Gasteiger partial charge in [0.05, 0.1) is 13.2 Å². The molecule has 0 saturated heterocycles. The van der Waals surface area contributed by atoms with Crippen LogP contribution < -0.4 is 15.4 Å². The molecular weight excluding hydrogens is 366 g/mol. The van der Waals surface area contributed by atoms with Gasteiger partial charge in [-0.25, -0.2) is 4.99 Å². The van der Waals surface area contributed by atoms with Gasteiger partial charge in [0.2, 0.25) is 0 Å². The van der Waals surface area contributed by atoms with Gasteiger partial charge in [-0.15, -0.1) is 0 Å². The Bertz CT molecular complexity index is 601. The van der Waals surface area contributed by atoms with E-state index in [-0.39, 0.29) is 12.0 Å². The fraction of sp³-hybridized carbons (Fsp3) is 0.696. The number of hydrogen-bond acceptors (Lipinski definition) is 4. The zero-order valence-corrected chi connectivity index (χ0v) is 19.0. The van der Waals surface area contributed by atoms with Crippen LogP contribution in [0.2, 0.25) is 0 Å². The third-order valence-electron chi connectivity index (χ3n) is 5.44. The Balaban J connectivity index is 2.84. The van der Waals surface area contributed by atoms with Crippen molar-refractivity contribution < 1.29 is 14.6 Å². The highest BCUT2D eigenvalue weighted by Crippen LogP contribution is 2.29. The lowest BCUT2D eigenvalue weighted by molar-refractivity contribution is 0.110. The number of rotatable bonds is 14. The monoisotopic (exact) mass is 407 g/mol. The standard InChI is InChI=1S/C23H41N3O3/c1-6-23(7-2,12-13-27)18-26-22(24-8-3)25-17-20-11-10-19(5)16-21(20)29-15-14-28-9-4/h10-11,16,27H,6-9,12-15,17-18H2,1-5H3,(H2,24,25,26). The van der Waals surface area contributed by atoms with E-state index in [0.717, 1.165) is 55.2 Å². The minimum atomic E-state index is 0.0857. The van der Waals surface area contributed by atoms with E-state index < -0.39 is 0 Å². The summed E-state index contributed by atoms with van der Waals surface area (Å²) >= 11 is 0. The van der Waals surface area contributed by atoms with Crippen molar-refractivity contribution in [2.24, 2.45) is 10.4 Å². The number of nitrogens with one attached hydrogen (secondary N) is 2. The van der Waals surface area contributed by atoms with Crippen molar-refractivity contribution in [3.8, 4) is 5.75 Å². The molecule has 0 aliphatic rings. The lowest BCUT2D eigenvalue weighted by Crippen LogP contribution is -2.43. The van der Waals surface area contributed by atoms with Crippen molar-refractivity contribution in [2.45, 2.75) is 60.4 Å². The maximum Gasteiger partial charge on any atom is 0.191 e. The predicted octanol–water partition coefficient (Wildman–Crippen LogP) is 3.65.